The highest BCUT2D eigenvalue weighted by Crippen LogP contribution is 2.17. The van der Waals surface area contributed by atoms with Crippen LogP contribution in [0.3, 0.4) is 0 Å². The Labute approximate surface area is 105 Å². The van der Waals surface area contributed by atoms with Crippen LogP contribution in [0, 0.1) is 5.92 Å². The number of aliphatic carboxylic acids is 1. The number of nitrogens with one attached hydrogen (secondary N) is 1. The molecular weight excluding hydrogens is 240 g/mol. The van der Waals surface area contributed by atoms with Gasteiger partial charge in [-0.2, -0.15) is 0 Å². The van der Waals surface area contributed by atoms with Crippen molar-refractivity contribution in [2.24, 2.45) is 5.92 Å². The molecule has 0 saturated carbocycles. The van der Waals surface area contributed by atoms with Crippen LogP contribution in [0.5, 0.6) is 0 Å². The lowest BCUT2D eigenvalue weighted by Crippen LogP contribution is -2.34. The molecule has 0 radical (unpaired) electrons. The van der Waals surface area contributed by atoms with Gasteiger partial charge in [-0.25, -0.2) is 0 Å². The Kier molecular flexibility index (Phi) is 5.57. The second kappa shape index (κ2) is 6.95. The number of carboxylic acid groups (broad SMARTS) is 1. The molecule has 1 rings (SSSR count). The highest BCUT2D eigenvalue weighted by molar-refractivity contribution is 5.89. The van der Waals surface area contributed by atoms with Crippen LogP contribution in [0.4, 0.5) is 0 Å². The molecule has 0 aromatic rings. The first-order valence-corrected chi connectivity index (χ1v) is 5.80. The van der Waals surface area contributed by atoms with Crippen molar-refractivity contribution >= 4 is 17.8 Å². The number of amides is 2. The van der Waals surface area contributed by atoms with Crippen LogP contribution in [0.25, 0.3) is 0 Å². The number of methoxy groups -OCH3 is 1. The number of hydrogen-bond donors (Lipinski definition) is 2. The molecule has 1 heterocycles. The topological polar surface area (TPSA) is 95.9 Å². The summed E-state index contributed by atoms with van der Waals surface area (Å²) in [6.07, 6.45) is 0.0718. The standard InChI is InChI=1S/C11H18N2O5/c1-18-5-4-13-7-8(6-9(13)14)11(17)12-3-2-10(15)16/h8H,2-7H2,1H3,(H,12,17)(H,15,16). The van der Waals surface area contributed by atoms with Gasteiger partial charge < -0.3 is 20.1 Å². The molecule has 0 bridgehead atoms. The Morgan fingerprint density at radius 3 is 2.89 bits per heavy atom. The third-order valence-corrected chi connectivity index (χ3v) is 2.79. The smallest absolute Gasteiger partial charge is 0.305 e. The lowest BCUT2D eigenvalue weighted by atomic mass is 10.1. The summed E-state index contributed by atoms with van der Waals surface area (Å²) < 4.78 is 4.88. The van der Waals surface area contributed by atoms with Gasteiger partial charge in [-0.1, -0.05) is 0 Å². The zero-order chi connectivity index (χ0) is 13.5. The number of ether oxygens (including phenoxy) is 1. The van der Waals surface area contributed by atoms with Crippen molar-refractivity contribution in [3.8, 4) is 0 Å². The molecule has 2 amide bonds. The van der Waals surface area contributed by atoms with Gasteiger partial charge in [0.25, 0.3) is 0 Å². The predicted octanol–water partition coefficient (Wildman–Crippen LogP) is -0.928. The van der Waals surface area contributed by atoms with E-state index in [1.54, 1.807) is 12.0 Å². The van der Waals surface area contributed by atoms with E-state index in [4.69, 9.17) is 9.84 Å². The lowest BCUT2D eigenvalue weighted by Gasteiger charge is -2.15. The monoisotopic (exact) mass is 258 g/mol. The van der Waals surface area contributed by atoms with E-state index < -0.39 is 5.97 Å². The van der Waals surface area contributed by atoms with E-state index in [0.29, 0.717) is 19.7 Å². The second-order valence-electron chi connectivity index (χ2n) is 4.17. The maximum atomic E-state index is 11.7. The molecule has 2 N–H and O–H groups in total. The number of hydrogen-bond acceptors (Lipinski definition) is 4. The van der Waals surface area contributed by atoms with Crippen LogP contribution >= 0.6 is 0 Å². The van der Waals surface area contributed by atoms with Crippen molar-refractivity contribution < 1.29 is 24.2 Å². The molecule has 1 atom stereocenters. The van der Waals surface area contributed by atoms with Gasteiger partial charge in [0.2, 0.25) is 11.8 Å². The van der Waals surface area contributed by atoms with Crippen molar-refractivity contribution in [1.29, 1.82) is 0 Å². The molecule has 1 fully saturated rings. The van der Waals surface area contributed by atoms with Gasteiger partial charge in [-0.05, 0) is 0 Å². The van der Waals surface area contributed by atoms with Gasteiger partial charge in [0, 0.05) is 33.2 Å². The van der Waals surface area contributed by atoms with Crippen molar-refractivity contribution in [2.45, 2.75) is 12.8 Å². The highest BCUT2D eigenvalue weighted by Gasteiger charge is 2.33. The molecule has 1 aliphatic heterocycles. The first kappa shape index (κ1) is 14.4. The van der Waals surface area contributed by atoms with Gasteiger partial charge >= 0.3 is 5.97 Å². The van der Waals surface area contributed by atoms with E-state index in [1.165, 1.54) is 0 Å². The van der Waals surface area contributed by atoms with Crippen LogP contribution in [0.15, 0.2) is 0 Å². The lowest BCUT2D eigenvalue weighted by molar-refractivity contribution is -0.137. The quantitative estimate of drug-likeness (QED) is 0.615. The number of nitrogens with zero attached hydrogens (tertiary/aromatic N) is 1. The fraction of sp³-hybridized carbons (Fsp3) is 0.727. The molecule has 0 aliphatic carbocycles. The van der Waals surface area contributed by atoms with Crippen molar-refractivity contribution in [2.75, 3.05) is 33.4 Å². The Hall–Kier alpha value is -1.63. The number of carbonyl (C=O) groups is 3. The van der Waals surface area contributed by atoms with Crippen molar-refractivity contribution in [3.63, 3.8) is 0 Å². The number of carboxylic acids is 1. The van der Waals surface area contributed by atoms with Crippen LogP contribution in [-0.4, -0.2) is 61.1 Å². The normalized spacial score (nSPS) is 19.1. The molecule has 1 unspecified atom stereocenters. The molecule has 18 heavy (non-hydrogen) atoms. The molecule has 1 aliphatic rings. The Balaban J connectivity index is 2.33. The first-order valence-electron chi connectivity index (χ1n) is 5.80. The number of carbonyl (C=O) groups excluding carboxylic acids is 2. The average Bonchev–Trinajstić information content (AvgIpc) is 2.67. The molecule has 1 saturated heterocycles. The van der Waals surface area contributed by atoms with E-state index >= 15 is 0 Å². The van der Waals surface area contributed by atoms with E-state index in [2.05, 4.69) is 5.32 Å². The van der Waals surface area contributed by atoms with Crippen LogP contribution < -0.4 is 5.32 Å². The third kappa shape index (κ3) is 4.33. The maximum Gasteiger partial charge on any atom is 0.305 e. The first-order chi connectivity index (χ1) is 8.54. The van der Waals surface area contributed by atoms with Gasteiger partial charge in [0.05, 0.1) is 18.9 Å². The summed E-state index contributed by atoms with van der Waals surface area (Å²) in [5.41, 5.74) is 0. The van der Waals surface area contributed by atoms with E-state index in [9.17, 15) is 14.4 Å². The molecule has 7 heteroatoms. The van der Waals surface area contributed by atoms with Gasteiger partial charge in [-0.15, -0.1) is 0 Å². The van der Waals surface area contributed by atoms with Crippen LogP contribution in [-0.2, 0) is 19.1 Å². The SMILES string of the molecule is COCCN1CC(C(=O)NCCC(=O)O)CC1=O. The van der Waals surface area contributed by atoms with E-state index in [1.807, 2.05) is 0 Å². The maximum absolute atomic E-state index is 11.7. The Morgan fingerprint density at radius 2 is 2.28 bits per heavy atom. The van der Waals surface area contributed by atoms with E-state index in [0.717, 1.165) is 0 Å². The minimum absolute atomic E-state index is 0.0644. The van der Waals surface area contributed by atoms with E-state index in [-0.39, 0.29) is 37.1 Å². The summed E-state index contributed by atoms with van der Waals surface area (Å²) in [4.78, 5) is 35.1. The molecular formula is C11H18N2O5. The Bertz CT molecular complexity index is 331. The summed E-state index contributed by atoms with van der Waals surface area (Å²) in [5, 5.41) is 11.0. The van der Waals surface area contributed by atoms with Gasteiger partial charge in [-0.3, -0.25) is 14.4 Å². The predicted molar refractivity (Wildman–Crippen MR) is 61.8 cm³/mol. The highest BCUT2D eigenvalue weighted by atomic mass is 16.5. The Morgan fingerprint density at radius 1 is 1.56 bits per heavy atom. The summed E-state index contributed by atoms with van der Waals surface area (Å²) >= 11 is 0. The number of likely N-dealkylation sites (tertiary alicyclic amines) is 1. The van der Waals surface area contributed by atoms with Gasteiger partial charge in [0.1, 0.15) is 0 Å². The molecule has 0 aromatic carbocycles. The molecule has 7 nitrogen and oxygen atoms in total. The fourth-order valence-electron chi connectivity index (χ4n) is 1.80. The molecule has 0 spiro atoms. The summed E-state index contributed by atoms with van der Waals surface area (Å²) in [6, 6.07) is 0. The largest absolute Gasteiger partial charge is 0.481 e. The van der Waals surface area contributed by atoms with Crippen molar-refractivity contribution in [1.82, 2.24) is 10.2 Å². The van der Waals surface area contributed by atoms with Gasteiger partial charge in [0.15, 0.2) is 0 Å². The summed E-state index contributed by atoms with van der Waals surface area (Å²) in [5.74, 6) is -1.67. The summed E-state index contributed by atoms with van der Waals surface area (Å²) in [7, 11) is 1.55. The third-order valence-electron chi connectivity index (χ3n) is 2.79. The molecule has 102 valence electrons. The number of rotatable bonds is 7. The molecule has 0 aromatic heterocycles. The average molecular weight is 258 g/mol. The zero-order valence-corrected chi connectivity index (χ0v) is 10.3. The van der Waals surface area contributed by atoms with Crippen LogP contribution in [0.2, 0.25) is 0 Å². The van der Waals surface area contributed by atoms with Crippen LogP contribution in [0.1, 0.15) is 12.8 Å². The minimum atomic E-state index is -0.959. The minimum Gasteiger partial charge on any atom is -0.481 e. The fourth-order valence-corrected chi connectivity index (χ4v) is 1.80. The zero-order valence-electron chi connectivity index (χ0n) is 10.3. The van der Waals surface area contributed by atoms with Crippen molar-refractivity contribution in [3.05, 3.63) is 0 Å². The summed E-state index contributed by atoms with van der Waals surface area (Å²) in [6.45, 7) is 1.39. The second-order valence-corrected chi connectivity index (χ2v) is 4.17.